The Balaban J connectivity index is 2.13. The Hall–Kier alpha value is 0. The number of hydrogen-bond acceptors (Lipinski definition) is 0. The van der Waals surface area contributed by atoms with E-state index in [-0.39, 0.29) is 0 Å². The van der Waals surface area contributed by atoms with Crippen molar-refractivity contribution in [2.75, 3.05) is 0 Å². The third-order valence-electron chi connectivity index (χ3n) is 7.51. The zero-order valence-electron chi connectivity index (χ0n) is 10.6. The molecule has 0 saturated heterocycles. The molecule has 0 aromatic rings. The van der Waals surface area contributed by atoms with Gasteiger partial charge in [0, 0.05) is 0 Å². The van der Waals surface area contributed by atoms with Gasteiger partial charge in [-0.05, 0) is 46.3 Å². The quantitative estimate of drug-likeness (QED) is 0.542. The Morgan fingerprint density at radius 2 is 0.929 bits per heavy atom. The Morgan fingerprint density at radius 1 is 0.643 bits per heavy atom. The highest BCUT2D eigenvalue weighted by molar-refractivity contribution is 5.29. The molecule has 4 atom stereocenters. The molecule has 0 spiro atoms. The van der Waals surface area contributed by atoms with Crippen LogP contribution in [0.2, 0.25) is 0 Å². The monoisotopic (exact) mass is 192 g/mol. The standard InChI is InChI=1S/C14H24/c1-11(2)12(3,4)14(6)8-10(14)9-7-13(9,11)5/h9-10H,7-8H2,1-6H3. The normalized spacial score (nSPS) is 61.3. The molecule has 0 aromatic carbocycles. The molecule has 3 saturated carbocycles. The predicted molar refractivity (Wildman–Crippen MR) is 60.0 cm³/mol. The minimum atomic E-state index is 0.520. The van der Waals surface area contributed by atoms with E-state index in [0.29, 0.717) is 21.7 Å². The van der Waals surface area contributed by atoms with Crippen LogP contribution in [-0.4, -0.2) is 0 Å². The molecule has 0 aliphatic heterocycles. The first-order valence-corrected chi connectivity index (χ1v) is 6.18. The van der Waals surface area contributed by atoms with Gasteiger partial charge in [0.05, 0.1) is 0 Å². The molecule has 0 bridgehead atoms. The Morgan fingerprint density at radius 3 is 1.21 bits per heavy atom. The van der Waals surface area contributed by atoms with E-state index in [9.17, 15) is 0 Å². The second-order valence-corrected chi connectivity index (χ2v) is 7.71. The van der Waals surface area contributed by atoms with Gasteiger partial charge in [0.15, 0.2) is 0 Å². The second-order valence-electron chi connectivity index (χ2n) is 7.71. The minimum absolute atomic E-state index is 0.520. The fourth-order valence-electron chi connectivity index (χ4n) is 4.83. The number of rotatable bonds is 0. The summed E-state index contributed by atoms with van der Waals surface area (Å²) >= 11 is 0. The van der Waals surface area contributed by atoms with Gasteiger partial charge in [0.2, 0.25) is 0 Å². The van der Waals surface area contributed by atoms with Gasteiger partial charge in [-0.3, -0.25) is 0 Å². The summed E-state index contributed by atoms with van der Waals surface area (Å²) in [5.74, 6) is 2.13. The molecule has 3 rings (SSSR count). The van der Waals surface area contributed by atoms with E-state index in [4.69, 9.17) is 0 Å². The zero-order valence-corrected chi connectivity index (χ0v) is 10.6. The molecule has 0 aromatic heterocycles. The first-order valence-electron chi connectivity index (χ1n) is 6.18. The third kappa shape index (κ3) is 0.605. The fourth-order valence-corrected chi connectivity index (χ4v) is 4.83. The SMILES string of the molecule is CC12CC1C1CC1(C)C(C)(C)C2(C)C. The van der Waals surface area contributed by atoms with E-state index in [1.54, 1.807) is 0 Å². The van der Waals surface area contributed by atoms with E-state index in [2.05, 4.69) is 41.5 Å². The molecular weight excluding hydrogens is 168 g/mol. The van der Waals surface area contributed by atoms with Crippen LogP contribution < -0.4 is 0 Å². The van der Waals surface area contributed by atoms with Crippen LogP contribution in [0.5, 0.6) is 0 Å². The Bertz CT molecular complexity index is 280. The first kappa shape index (κ1) is 9.24. The van der Waals surface area contributed by atoms with Crippen molar-refractivity contribution < 1.29 is 0 Å². The van der Waals surface area contributed by atoms with E-state index >= 15 is 0 Å². The van der Waals surface area contributed by atoms with E-state index < -0.39 is 0 Å². The summed E-state index contributed by atoms with van der Waals surface area (Å²) in [6.07, 6.45) is 3.01. The van der Waals surface area contributed by atoms with Gasteiger partial charge in [-0.2, -0.15) is 0 Å². The summed E-state index contributed by atoms with van der Waals surface area (Å²) in [5, 5.41) is 0. The maximum Gasteiger partial charge on any atom is -0.0235 e. The summed E-state index contributed by atoms with van der Waals surface area (Å²) in [6, 6.07) is 0. The molecule has 0 nitrogen and oxygen atoms in total. The lowest BCUT2D eigenvalue weighted by Crippen LogP contribution is -2.48. The van der Waals surface area contributed by atoms with Gasteiger partial charge >= 0.3 is 0 Å². The van der Waals surface area contributed by atoms with E-state index in [1.807, 2.05) is 0 Å². The molecule has 3 fully saturated rings. The van der Waals surface area contributed by atoms with Crippen LogP contribution in [0.1, 0.15) is 54.4 Å². The summed E-state index contributed by atoms with van der Waals surface area (Å²) < 4.78 is 0. The van der Waals surface area contributed by atoms with Crippen LogP contribution in [0, 0.1) is 33.5 Å². The predicted octanol–water partition coefficient (Wildman–Crippen LogP) is 4.10. The van der Waals surface area contributed by atoms with Crippen molar-refractivity contribution in [2.24, 2.45) is 33.5 Å². The summed E-state index contributed by atoms with van der Waals surface area (Å²) in [4.78, 5) is 0. The highest BCUT2D eigenvalue weighted by Gasteiger charge is 2.81. The van der Waals surface area contributed by atoms with Crippen LogP contribution >= 0.6 is 0 Å². The highest BCUT2D eigenvalue weighted by Crippen LogP contribution is 2.87. The summed E-state index contributed by atoms with van der Waals surface area (Å²) in [6.45, 7) is 15.2. The zero-order chi connectivity index (χ0) is 10.6. The van der Waals surface area contributed by atoms with Crippen molar-refractivity contribution in [3.8, 4) is 0 Å². The van der Waals surface area contributed by atoms with Crippen LogP contribution in [-0.2, 0) is 0 Å². The van der Waals surface area contributed by atoms with Crippen molar-refractivity contribution in [2.45, 2.75) is 54.4 Å². The van der Waals surface area contributed by atoms with Crippen molar-refractivity contribution in [1.29, 1.82) is 0 Å². The van der Waals surface area contributed by atoms with Gasteiger partial charge in [-0.15, -0.1) is 0 Å². The smallest absolute Gasteiger partial charge is 0.0235 e. The largest absolute Gasteiger partial charge is 0.0588 e. The van der Waals surface area contributed by atoms with Crippen LogP contribution in [0.25, 0.3) is 0 Å². The molecule has 0 N–H and O–H groups in total. The lowest BCUT2D eigenvalue weighted by atomic mass is 9.50. The van der Waals surface area contributed by atoms with E-state index in [0.717, 1.165) is 11.8 Å². The molecule has 3 aliphatic carbocycles. The molecule has 0 heteroatoms. The average Bonchev–Trinajstić information content (AvgIpc) is 2.87. The van der Waals surface area contributed by atoms with Crippen LogP contribution in [0.15, 0.2) is 0 Å². The molecule has 0 radical (unpaired) electrons. The second kappa shape index (κ2) is 1.83. The molecule has 3 aliphatic rings. The number of hydrogen-bond donors (Lipinski definition) is 0. The number of fused-ring (bicyclic) bond motifs is 3. The third-order valence-corrected chi connectivity index (χ3v) is 7.51. The molecule has 80 valence electrons. The lowest BCUT2D eigenvalue weighted by Gasteiger charge is -2.54. The molecular formula is C14H24. The van der Waals surface area contributed by atoms with Gasteiger partial charge < -0.3 is 0 Å². The Labute approximate surface area is 88.5 Å². The molecule has 4 unspecified atom stereocenters. The van der Waals surface area contributed by atoms with Crippen LogP contribution in [0.3, 0.4) is 0 Å². The van der Waals surface area contributed by atoms with Crippen LogP contribution in [0.4, 0.5) is 0 Å². The fraction of sp³-hybridized carbons (Fsp3) is 1.00. The van der Waals surface area contributed by atoms with Gasteiger partial charge in [0.1, 0.15) is 0 Å². The average molecular weight is 192 g/mol. The molecule has 0 amide bonds. The van der Waals surface area contributed by atoms with Gasteiger partial charge in [-0.1, -0.05) is 41.5 Å². The van der Waals surface area contributed by atoms with E-state index in [1.165, 1.54) is 12.8 Å². The lowest BCUT2D eigenvalue weighted by molar-refractivity contribution is -0.0654. The van der Waals surface area contributed by atoms with Crippen molar-refractivity contribution >= 4 is 0 Å². The maximum atomic E-state index is 2.54. The van der Waals surface area contributed by atoms with Crippen molar-refractivity contribution in [1.82, 2.24) is 0 Å². The molecule has 14 heavy (non-hydrogen) atoms. The highest BCUT2D eigenvalue weighted by atomic mass is 14.9. The first-order chi connectivity index (χ1) is 6.18. The van der Waals surface area contributed by atoms with Gasteiger partial charge in [-0.25, -0.2) is 0 Å². The van der Waals surface area contributed by atoms with Crippen molar-refractivity contribution in [3.05, 3.63) is 0 Å². The van der Waals surface area contributed by atoms with Gasteiger partial charge in [0.25, 0.3) is 0 Å². The molecule has 0 heterocycles. The van der Waals surface area contributed by atoms with Crippen molar-refractivity contribution in [3.63, 3.8) is 0 Å². The summed E-state index contributed by atoms with van der Waals surface area (Å²) in [7, 11) is 0. The Kier molecular flexibility index (Phi) is 1.21. The maximum absolute atomic E-state index is 2.54. The summed E-state index contributed by atoms with van der Waals surface area (Å²) in [5.41, 5.74) is 2.37. The topological polar surface area (TPSA) is 0 Å². The minimum Gasteiger partial charge on any atom is -0.0588 e.